The predicted molar refractivity (Wildman–Crippen MR) is 176 cm³/mol. The number of halogens is 1. The van der Waals surface area contributed by atoms with E-state index < -0.39 is 29.6 Å². The highest BCUT2D eigenvalue weighted by Gasteiger charge is 2.49. The Kier molecular flexibility index (Phi) is 15.1. The summed E-state index contributed by atoms with van der Waals surface area (Å²) in [5.41, 5.74) is 4.12. The fraction of sp³-hybridized carbons (Fsp3) is 0.545. The van der Waals surface area contributed by atoms with Crippen LogP contribution in [0.2, 0.25) is 0 Å². The molecule has 3 atom stereocenters. The van der Waals surface area contributed by atoms with Crippen molar-refractivity contribution >= 4 is 40.9 Å². The number of para-hydroxylation sites is 1. The molecule has 14 heteroatoms. The number of benzene rings is 1. The number of likely N-dealkylation sites (tertiary alicyclic amines) is 1. The van der Waals surface area contributed by atoms with Crippen LogP contribution in [-0.4, -0.2) is 85.7 Å². The number of esters is 1. The van der Waals surface area contributed by atoms with Gasteiger partial charge >= 0.3 is 5.97 Å². The zero-order chi connectivity index (χ0) is 34.2. The van der Waals surface area contributed by atoms with Crippen LogP contribution in [0.4, 0.5) is 4.39 Å². The maximum Gasteiger partial charge on any atom is 0.305 e. The molecule has 1 aliphatic rings. The SMILES string of the molecule is CCOC(=O)CCCCCOC[C@@]1(F)C[C@@H](C(=O)N[C@H](C)c2cc(C(=N)N)cs2)N(C(=O)CNC(=O)CCCOc2ccccc2)C1. The van der Waals surface area contributed by atoms with Crippen LogP contribution in [0.1, 0.15) is 75.3 Å². The van der Waals surface area contributed by atoms with Crippen LogP contribution in [0.5, 0.6) is 5.75 Å². The number of amidine groups is 1. The zero-order valence-electron chi connectivity index (χ0n) is 27.1. The monoisotopic (exact) mass is 675 g/mol. The number of carbonyl (C=O) groups excluding carboxylic acids is 4. The maximum absolute atomic E-state index is 16.1. The van der Waals surface area contributed by atoms with Crippen LogP contribution in [0, 0.1) is 5.41 Å². The summed E-state index contributed by atoms with van der Waals surface area (Å²) in [4.78, 5) is 52.5. The van der Waals surface area contributed by atoms with Gasteiger partial charge in [0.1, 0.15) is 17.6 Å². The van der Waals surface area contributed by atoms with E-state index in [9.17, 15) is 19.2 Å². The first-order chi connectivity index (χ1) is 22.5. The van der Waals surface area contributed by atoms with Crippen molar-refractivity contribution in [2.24, 2.45) is 5.73 Å². The lowest BCUT2D eigenvalue weighted by molar-refractivity contribution is -0.143. The minimum absolute atomic E-state index is 0.0921. The van der Waals surface area contributed by atoms with Crippen molar-refractivity contribution in [2.45, 2.75) is 76.5 Å². The Hall–Kier alpha value is -4.04. The van der Waals surface area contributed by atoms with Gasteiger partial charge in [-0.15, -0.1) is 11.3 Å². The molecule has 0 spiro atoms. The smallest absolute Gasteiger partial charge is 0.305 e. The number of ether oxygens (including phenoxy) is 3. The number of thiophene rings is 1. The molecule has 47 heavy (non-hydrogen) atoms. The molecule has 0 unspecified atom stereocenters. The fourth-order valence-electron chi connectivity index (χ4n) is 5.08. The average molecular weight is 676 g/mol. The summed E-state index contributed by atoms with van der Waals surface area (Å²) in [6, 6.07) is 9.31. The second-order valence-corrected chi connectivity index (χ2v) is 12.4. The van der Waals surface area contributed by atoms with Crippen molar-refractivity contribution in [2.75, 3.05) is 39.5 Å². The topological polar surface area (TPSA) is 173 Å². The molecule has 0 radical (unpaired) electrons. The van der Waals surface area contributed by atoms with Gasteiger partial charge in [0, 0.05) is 41.7 Å². The number of nitrogens with two attached hydrogens (primary N) is 1. The largest absolute Gasteiger partial charge is 0.494 e. The Balaban J connectivity index is 1.54. The van der Waals surface area contributed by atoms with E-state index >= 15 is 4.39 Å². The van der Waals surface area contributed by atoms with Crippen LogP contribution < -0.4 is 21.1 Å². The molecule has 2 heterocycles. The van der Waals surface area contributed by atoms with E-state index in [-0.39, 0.29) is 56.9 Å². The molecule has 1 aromatic heterocycles. The second-order valence-electron chi connectivity index (χ2n) is 11.5. The van der Waals surface area contributed by atoms with Gasteiger partial charge in [0.25, 0.3) is 0 Å². The summed E-state index contributed by atoms with van der Waals surface area (Å²) in [6.07, 6.45) is 2.56. The number of hydrogen-bond donors (Lipinski definition) is 4. The molecular weight excluding hydrogens is 629 g/mol. The van der Waals surface area contributed by atoms with E-state index in [1.165, 1.54) is 16.2 Å². The summed E-state index contributed by atoms with van der Waals surface area (Å²) in [5, 5.41) is 14.8. The number of unbranched alkanes of at least 4 members (excludes halogenated alkanes) is 2. The third kappa shape index (κ3) is 12.6. The summed E-state index contributed by atoms with van der Waals surface area (Å²) in [6.45, 7) is 3.37. The first kappa shape index (κ1) is 37.4. The highest BCUT2D eigenvalue weighted by Crippen LogP contribution is 2.32. The molecule has 1 fully saturated rings. The average Bonchev–Trinajstić information content (AvgIpc) is 3.68. The molecule has 0 bridgehead atoms. The number of rotatable bonds is 20. The highest BCUT2D eigenvalue weighted by molar-refractivity contribution is 7.10. The molecule has 3 amide bonds. The number of hydrogen-bond acceptors (Lipinski definition) is 9. The maximum atomic E-state index is 16.1. The van der Waals surface area contributed by atoms with Gasteiger partial charge in [-0.1, -0.05) is 24.6 Å². The van der Waals surface area contributed by atoms with Gasteiger partial charge < -0.3 is 35.5 Å². The van der Waals surface area contributed by atoms with Gasteiger partial charge in [-0.3, -0.25) is 24.6 Å². The minimum Gasteiger partial charge on any atom is -0.494 e. The van der Waals surface area contributed by atoms with Gasteiger partial charge in [-0.25, -0.2) is 4.39 Å². The molecule has 1 aromatic carbocycles. The van der Waals surface area contributed by atoms with Gasteiger partial charge in [0.15, 0.2) is 5.67 Å². The fourth-order valence-corrected chi connectivity index (χ4v) is 6.00. The van der Waals surface area contributed by atoms with E-state index in [1.54, 1.807) is 25.3 Å². The van der Waals surface area contributed by atoms with Crippen LogP contribution in [0.25, 0.3) is 0 Å². The van der Waals surface area contributed by atoms with E-state index in [1.807, 2.05) is 30.3 Å². The molecule has 1 saturated heterocycles. The summed E-state index contributed by atoms with van der Waals surface area (Å²) >= 11 is 1.33. The molecule has 258 valence electrons. The molecule has 0 aliphatic carbocycles. The minimum atomic E-state index is -1.98. The van der Waals surface area contributed by atoms with Crippen molar-refractivity contribution in [1.82, 2.24) is 15.5 Å². The molecule has 3 rings (SSSR count). The van der Waals surface area contributed by atoms with E-state index in [0.29, 0.717) is 56.6 Å². The van der Waals surface area contributed by atoms with Gasteiger partial charge in [-0.05, 0) is 51.3 Å². The highest BCUT2D eigenvalue weighted by atomic mass is 32.1. The van der Waals surface area contributed by atoms with Gasteiger partial charge in [0.05, 0.1) is 39.0 Å². The molecule has 5 N–H and O–H groups in total. The Morgan fingerprint density at radius 3 is 2.60 bits per heavy atom. The third-order valence-electron chi connectivity index (χ3n) is 7.56. The number of carbonyl (C=O) groups is 4. The first-order valence-electron chi connectivity index (χ1n) is 15.9. The van der Waals surface area contributed by atoms with Crippen molar-refractivity contribution in [3.05, 3.63) is 52.2 Å². The normalized spacial score (nSPS) is 17.9. The second kappa shape index (κ2) is 18.9. The lowest BCUT2D eigenvalue weighted by Crippen LogP contribution is -2.49. The number of alkyl halides is 1. The Bertz CT molecular complexity index is 1340. The number of nitrogen functional groups attached to an aromatic ring is 1. The van der Waals surface area contributed by atoms with Crippen LogP contribution in [0.3, 0.4) is 0 Å². The third-order valence-corrected chi connectivity index (χ3v) is 8.68. The summed E-state index contributed by atoms with van der Waals surface area (Å²) < 4.78 is 32.2. The molecule has 12 nitrogen and oxygen atoms in total. The zero-order valence-corrected chi connectivity index (χ0v) is 27.9. The molecular formula is C33H46FN5O7S. The summed E-state index contributed by atoms with van der Waals surface area (Å²) in [5.74, 6) is -1.13. The van der Waals surface area contributed by atoms with Crippen molar-refractivity contribution in [3.8, 4) is 5.75 Å². The van der Waals surface area contributed by atoms with Crippen molar-refractivity contribution in [1.29, 1.82) is 5.41 Å². The van der Waals surface area contributed by atoms with Crippen molar-refractivity contribution in [3.63, 3.8) is 0 Å². The first-order valence-corrected chi connectivity index (χ1v) is 16.8. The van der Waals surface area contributed by atoms with Crippen LogP contribution in [-0.2, 0) is 28.7 Å². The van der Waals surface area contributed by atoms with E-state index in [4.69, 9.17) is 25.4 Å². The Morgan fingerprint density at radius 1 is 1.13 bits per heavy atom. The number of amides is 3. The van der Waals surface area contributed by atoms with E-state index in [0.717, 1.165) is 4.88 Å². The van der Waals surface area contributed by atoms with E-state index in [2.05, 4.69) is 10.6 Å². The predicted octanol–water partition coefficient (Wildman–Crippen LogP) is 3.63. The van der Waals surface area contributed by atoms with Crippen molar-refractivity contribution < 1.29 is 37.8 Å². The lowest BCUT2D eigenvalue weighted by Gasteiger charge is -2.25. The number of nitrogens with zero attached hydrogens (tertiary/aromatic N) is 1. The summed E-state index contributed by atoms with van der Waals surface area (Å²) in [7, 11) is 0. The number of nitrogens with one attached hydrogen (secondary N) is 3. The Morgan fingerprint density at radius 2 is 1.89 bits per heavy atom. The quantitative estimate of drug-likeness (QED) is 0.0713. The van der Waals surface area contributed by atoms with Crippen LogP contribution >= 0.6 is 11.3 Å². The Labute approximate surface area is 279 Å². The van der Waals surface area contributed by atoms with Gasteiger partial charge in [-0.2, -0.15) is 0 Å². The standard InChI is InChI=1S/C33H46FN5O7S/c1-3-45-30(42)14-8-5-9-15-44-22-33(34)18-26(32(43)38-23(2)27-17-24(20-47-27)31(35)36)39(21-33)29(41)19-37-28(40)13-10-16-46-25-11-6-4-7-12-25/h4,6-7,11-12,17,20,23,26H,3,5,8-10,13-16,18-19,21-22H2,1-2H3,(H3,35,36)(H,37,40)(H,38,43)/t23-,26+,33-/m1/s1. The molecule has 1 aliphatic heterocycles. The molecule has 2 aromatic rings. The lowest BCUT2D eigenvalue weighted by atomic mass is 10.0. The van der Waals surface area contributed by atoms with Crippen LogP contribution in [0.15, 0.2) is 41.8 Å². The van der Waals surface area contributed by atoms with Gasteiger partial charge in [0.2, 0.25) is 17.7 Å². The molecule has 0 saturated carbocycles.